The largest absolute Gasteiger partial charge is 0.496 e. The molecule has 1 aromatic rings. The van der Waals surface area contributed by atoms with Gasteiger partial charge in [-0.2, -0.15) is 0 Å². The molecule has 0 unspecified atom stereocenters. The lowest BCUT2D eigenvalue weighted by Crippen LogP contribution is -2.38. The van der Waals surface area contributed by atoms with Gasteiger partial charge in [0.15, 0.2) is 8.38 Å². The number of ether oxygens (including phenoxy) is 1. The van der Waals surface area contributed by atoms with Crippen molar-refractivity contribution in [1.29, 1.82) is 0 Å². The van der Waals surface area contributed by atoms with Gasteiger partial charge in [-0.3, -0.25) is 0 Å². The van der Waals surface area contributed by atoms with Crippen LogP contribution >= 0.6 is 8.38 Å². The number of aryl methyl sites for hydroxylation is 1. The molecule has 2 N–H and O–H groups in total. The zero-order valence-electron chi connectivity index (χ0n) is 18.7. The molecule has 1 aliphatic rings. The third-order valence-electron chi connectivity index (χ3n) is 4.45. The number of aliphatic imine (C=N–C) groups is 1. The van der Waals surface area contributed by atoms with E-state index < -0.39 is 8.38 Å². The lowest BCUT2D eigenvalue weighted by Gasteiger charge is -2.33. The Morgan fingerprint density at radius 3 is 2.29 bits per heavy atom. The third-order valence-corrected chi connectivity index (χ3v) is 5.29. The topological polar surface area (TPSA) is 65.3 Å². The molecular weight excluding hydrogens is 371 g/mol. The monoisotopic (exact) mass is 410 g/mol. The molecule has 0 bridgehead atoms. The fraction of sp³-hybridized carbons (Fsp3) is 0.591. The van der Waals surface area contributed by atoms with Crippen LogP contribution in [0.25, 0.3) is 12.4 Å². The van der Waals surface area contributed by atoms with Crippen LogP contribution in [0.3, 0.4) is 0 Å². The van der Waals surface area contributed by atoms with E-state index in [1.165, 1.54) is 0 Å². The molecule has 0 amide bonds. The first-order chi connectivity index (χ1) is 13.5. The molecular formula is C22H39N2O3P. The first-order valence-corrected chi connectivity index (χ1v) is 11.7. The lowest BCUT2D eigenvalue weighted by molar-refractivity contribution is 0.261. The second kappa shape index (κ2) is 14.6. The Labute approximate surface area is 172 Å². The number of likely N-dealkylation sites (tertiary alicyclic amines) is 1. The smallest absolute Gasteiger partial charge is 0.165 e. The molecule has 2 rings (SSSR count). The molecule has 28 heavy (non-hydrogen) atoms. The van der Waals surface area contributed by atoms with E-state index in [1.807, 2.05) is 53.7 Å². The highest BCUT2D eigenvalue weighted by molar-refractivity contribution is 7.45. The van der Waals surface area contributed by atoms with Crippen molar-refractivity contribution < 1.29 is 14.5 Å². The van der Waals surface area contributed by atoms with E-state index in [4.69, 9.17) is 4.74 Å². The molecule has 0 aromatic heterocycles. The number of methoxy groups -OCH3 is 1. The lowest BCUT2D eigenvalue weighted by atomic mass is 9.99. The Morgan fingerprint density at radius 1 is 1.25 bits per heavy atom. The van der Waals surface area contributed by atoms with Crippen LogP contribution in [0, 0.1) is 12.8 Å². The molecule has 0 atom stereocenters. The maximum absolute atomic E-state index is 9.22. The SMILES string of the molecule is C=c1cc(C)c(OC)c/c1=C(/N=C\C)N1CCC(CP(O)O)CC1.CC.CC. The second-order valence-electron chi connectivity index (χ2n) is 6.18. The fourth-order valence-corrected chi connectivity index (χ4v) is 4.01. The summed E-state index contributed by atoms with van der Waals surface area (Å²) in [5.41, 5.74) is 1.06. The van der Waals surface area contributed by atoms with Crippen molar-refractivity contribution in [1.82, 2.24) is 4.90 Å². The van der Waals surface area contributed by atoms with Crippen LogP contribution in [-0.4, -0.2) is 47.3 Å². The van der Waals surface area contributed by atoms with E-state index >= 15 is 0 Å². The molecule has 5 nitrogen and oxygen atoms in total. The van der Waals surface area contributed by atoms with Crippen LogP contribution in [0.1, 0.15) is 53.0 Å². The summed E-state index contributed by atoms with van der Waals surface area (Å²) in [4.78, 5) is 25.3. The van der Waals surface area contributed by atoms with Crippen LogP contribution in [-0.2, 0) is 0 Å². The molecule has 160 valence electrons. The zero-order chi connectivity index (χ0) is 21.7. The van der Waals surface area contributed by atoms with Crippen molar-refractivity contribution in [2.75, 3.05) is 26.4 Å². The molecule has 0 saturated carbocycles. The highest BCUT2D eigenvalue weighted by Gasteiger charge is 2.23. The summed E-state index contributed by atoms with van der Waals surface area (Å²) >= 11 is 0. The molecule has 1 aliphatic heterocycles. The molecule has 1 heterocycles. The number of nitrogens with zero attached hydrogens (tertiary/aromatic N) is 2. The molecule has 6 heteroatoms. The van der Waals surface area contributed by atoms with Crippen molar-refractivity contribution in [3.63, 3.8) is 0 Å². The molecule has 1 saturated heterocycles. The molecule has 0 spiro atoms. The summed E-state index contributed by atoms with van der Waals surface area (Å²) in [5, 5.41) is 1.92. The number of benzene rings is 1. The minimum atomic E-state index is -1.80. The Hall–Kier alpha value is -1.42. The maximum Gasteiger partial charge on any atom is 0.165 e. The number of hydrogen-bond donors (Lipinski definition) is 2. The van der Waals surface area contributed by atoms with E-state index in [-0.39, 0.29) is 0 Å². The van der Waals surface area contributed by atoms with Gasteiger partial charge in [0.1, 0.15) is 11.6 Å². The van der Waals surface area contributed by atoms with Crippen molar-refractivity contribution in [2.24, 2.45) is 10.9 Å². The Morgan fingerprint density at radius 2 is 1.82 bits per heavy atom. The van der Waals surface area contributed by atoms with Crippen LogP contribution in [0.4, 0.5) is 0 Å². The van der Waals surface area contributed by atoms with Gasteiger partial charge in [0.25, 0.3) is 0 Å². The van der Waals surface area contributed by atoms with Gasteiger partial charge in [0, 0.05) is 30.7 Å². The summed E-state index contributed by atoms with van der Waals surface area (Å²) in [6.45, 7) is 17.8. The summed E-state index contributed by atoms with van der Waals surface area (Å²) in [6, 6.07) is 4.03. The third kappa shape index (κ3) is 7.90. The van der Waals surface area contributed by atoms with Gasteiger partial charge in [-0.05, 0) is 55.5 Å². The van der Waals surface area contributed by atoms with Gasteiger partial charge in [-0.15, -0.1) is 0 Å². The predicted octanol–water partition coefficient (Wildman–Crippen LogP) is 3.63. The van der Waals surface area contributed by atoms with Crippen molar-refractivity contribution in [2.45, 2.75) is 54.4 Å². The summed E-state index contributed by atoms with van der Waals surface area (Å²) in [6.07, 6.45) is 4.19. The Kier molecular flexibility index (Phi) is 13.8. The first kappa shape index (κ1) is 26.6. The van der Waals surface area contributed by atoms with Crippen molar-refractivity contribution >= 4 is 27.0 Å². The maximum atomic E-state index is 9.22. The van der Waals surface area contributed by atoms with E-state index in [1.54, 1.807) is 13.3 Å². The first-order valence-electron chi connectivity index (χ1n) is 10.2. The highest BCUT2D eigenvalue weighted by Crippen LogP contribution is 2.32. The van der Waals surface area contributed by atoms with Crippen LogP contribution in [0.15, 0.2) is 17.1 Å². The quantitative estimate of drug-likeness (QED) is 0.575. The highest BCUT2D eigenvalue weighted by atomic mass is 31.2. The summed E-state index contributed by atoms with van der Waals surface area (Å²) in [7, 11) is -0.129. The van der Waals surface area contributed by atoms with Crippen molar-refractivity contribution in [3.8, 4) is 5.75 Å². The Balaban J connectivity index is 0.00000171. The van der Waals surface area contributed by atoms with Gasteiger partial charge in [0.2, 0.25) is 0 Å². The number of rotatable bonds is 5. The predicted molar refractivity (Wildman–Crippen MR) is 123 cm³/mol. The van der Waals surface area contributed by atoms with Gasteiger partial charge in [-0.25, -0.2) is 4.99 Å². The standard InChI is InChI=1S/C18H27N2O3P.2C2H6/c1-5-19-18(16-11-17(23-4)14(3)10-13(16)2)20-8-6-15(7-9-20)12-24(21)22;2*1-2/h5,10-11,15,21-22H,2,6-9,12H2,1,3-4H3;2*1-2H3/b18-16+,19-5-;;. The van der Waals surface area contributed by atoms with Gasteiger partial charge >= 0.3 is 0 Å². The zero-order valence-corrected chi connectivity index (χ0v) is 19.6. The van der Waals surface area contributed by atoms with E-state index in [2.05, 4.69) is 16.5 Å². The van der Waals surface area contributed by atoms with Crippen LogP contribution in [0.5, 0.6) is 5.75 Å². The molecule has 0 aliphatic carbocycles. The van der Waals surface area contributed by atoms with E-state index in [0.717, 1.165) is 53.5 Å². The minimum Gasteiger partial charge on any atom is -0.496 e. The molecule has 0 radical (unpaired) electrons. The van der Waals surface area contributed by atoms with E-state index in [9.17, 15) is 9.79 Å². The van der Waals surface area contributed by atoms with Crippen molar-refractivity contribution in [3.05, 3.63) is 28.1 Å². The summed E-state index contributed by atoms with van der Waals surface area (Å²) < 4.78 is 5.45. The number of piperidine rings is 1. The molecule has 1 aromatic carbocycles. The molecule has 1 fully saturated rings. The van der Waals surface area contributed by atoms with Crippen LogP contribution in [0.2, 0.25) is 0 Å². The average Bonchev–Trinajstić information content (AvgIpc) is 2.70. The number of hydrogen-bond acceptors (Lipinski definition) is 5. The van der Waals surface area contributed by atoms with Gasteiger partial charge in [0.05, 0.1) is 7.11 Å². The van der Waals surface area contributed by atoms with Gasteiger partial charge < -0.3 is 19.4 Å². The Bertz CT molecular complexity index is 696. The fourth-order valence-electron chi connectivity index (χ4n) is 3.18. The van der Waals surface area contributed by atoms with Crippen LogP contribution < -0.4 is 15.2 Å². The second-order valence-corrected chi connectivity index (χ2v) is 7.28. The van der Waals surface area contributed by atoms with Gasteiger partial charge in [-0.1, -0.05) is 34.3 Å². The average molecular weight is 411 g/mol. The normalized spacial score (nSPS) is 15.6. The summed E-state index contributed by atoms with van der Waals surface area (Å²) in [5.74, 6) is 2.12. The minimum absolute atomic E-state index is 0.376. The van der Waals surface area contributed by atoms with E-state index in [0.29, 0.717) is 12.1 Å².